The van der Waals surface area contributed by atoms with Crippen molar-refractivity contribution in [1.29, 1.82) is 0 Å². The third-order valence-corrected chi connectivity index (χ3v) is 5.73. The summed E-state index contributed by atoms with van der Waals surface area (Å²) in [6, 6.07) is 4.48. The lowest BCUT2D eigenvalue weighted by atomic mass is 10.1. The SMILES string of the molecule is CCC(CC)N(CC(C)C)S(=O)(=O)c1ccc(Cl)c(N)c1. The topological polar surface area (TPSA) is 63.4 Å². The zero-order chi connectivity index (χ0) is 16.2. The van der Waals surface area contributed by atoms with Gasteiger partial charge in [0.1, 0.15) is 0 Å². The van der Waals surface area contributed by atoms with Crippen molar-refractivity contribution in [3.05, 3.63) is 23.2 Å². The third kappa shape index (κ3) is 4.34. The van der Waals surface area contributed by atoms with Gasteiger partial charge in [-0.1, -0.05) is 39.3 Å². The van der Waals surface area contributed by atoms with Crippen LogP contribution in [0.25, 0.3) is 0 Å². The van der Waals surface area contributed by atoms with Crippen molar-refractivity contribution < 1.29 is 8.42 Å². The van der Waals surface area contributed by atoms with Crippen molar-refractivity contribution in [1.82, 2.24) is 4.31 Å². The highest BCUT2D eigenvalue weighted by atomic mass is 35.5. The third-order valence-electron chi connectivity index (χ3n) is 3.47. The number of anilines is 1. The van der Waals surface area contributed by atoms with E-state index in [1.807, 2.05) is 27.7 Å². The first-order chi connectivity index (χ1) is 9.73. The molecule has 0 amide bonds. The molecule has 0 aliphatic heterocycles. The molecule has 1 rings (SSSR count). The van der Waals surface area contributed by atoms with Crippen LogP contribution in [-0.4, -0.2) is 25.3 Å². The lowest BCUT2D eigenvalue weighted by Gasteiger charge is -2.31. The first-order valence-corrected chi connectivity index (χ1v) is 9.12. The Balaban J connectivity index is 3.28. The van der Waals surface area contributed by atoms with Gasteiger partial charge in [0.05, 0.1) is 15.6 Å². The lowest BCUT2D eigenvalue weighted by Crippen LogP contribution is -2.41. The second-order valence-electron chi connectivity index (χ2n) is 5.62. The van der Waals surface area contributed by atoms with Crippen molar-refractivity contribution in [2.24, 2.45) is 5.92 Å². The molecule has 0 spiro atoms. The summed E-state index contributed by atoms with van der Waals surface area (Å²) in [5.41, 5.74) is 6.03. The molecule has 21 heavy (non-hydrogen) atoms. The number of hydrogen-bond donors (Lipinski definition) is 1. The van der Waals surface area contributed by atoms with E-state index in [4.69, 9.17) is 17.3 Å². The van der Waals surface area contributed by atoms with Crippen LogP contribution in [0.3, 0.4) is 0 Å². The molecule has 6 heteroatoms. The number of benzene rings is 1. The monoisotopic (exact) mass is 332 g/mol. The number of nitrogens with zero attached hydrogens (tertiary/aromatic N) is 1. The van der Waals surface area contributed by atoms with Crippen LogP contribution in [0.5, 0.6) is 0 Å². The molecule has 0 saturated carbocycles. The smallest absolute Gasteiger partial charge is 0.243 e. The van der Waals surface area contributed by atoms with Gasteiger partial charge in [0.15, 0.2) is 0 Å². The molecule has 0 aliphatic rings. The summed E-state index contributed by atoms with van der Waals surface area (Å²) >= 11 is 5.88. The zero-order valence-corrected chi connectivity index (χ0v) is 14.7. The van der Waals surface area contributed by atoms with E-state index in [9.17, 15) is 8.42 Å². The van der Waals surface area contributed by atoms with Crippen molar-refractivity contribution in [3.63, 3.8) is 0 Å². The number of sulfonamides is 1. The summed E-state index contributed by atoms with van der Waals surface area (Å²) < 4.78 is 27.4. The van der Waals surface area contributed by atoms with E-state index < -0.39 is 10.0 Å². The lowest BCUT2D eigenvalue weighted by molar-refractivity contribution is 0.277. The second-order valence-corrected chi connectivity index (χ2v) is 7.92. The van der Waals surface area contributed by atoms with Crippen molar-refractivity contribution in [2.75, 3.05) is 12.3 Å². The predicted octanol–water partition coefficient (Wildman–Crippen LogP) is 3.76. The molecule has 0 bridgehead atoms. The molecule has 0 atom stereocenters. The van der Waals surface area contributed by atoms with E-state index in [0.717, 1.165) is 12.8 Å². The van der Waals surface area contributed by atoms with Crippen LogP contribution < -0.4 is 5.73 Å². The summed E-state index contributed by atoms with van der Waals surface area (Å²) in [5, 5.41) is 0.367. The summed E-state index contributed by atoms with van der Waals surface area (Å²) in [4.78, 5) is 0.206. The first kappa shape index (κ1) is 18.3. The molecule has 0 aromatic heterocycles. The van der Waals surface area contributed by atoms with E-state index in [1.54, 1.807) is 4.31 Å². The van der Waals surface area contributed by atoms with Gasteiger partial charge in [0, 0.05) is 12.6 Å². The Morgan fingerprint density at radius 1 is 1.24 bits per heavy atom. The van der Waals surface area contributed by atoms with Crippen LogP contribution in [0.2, 0.25) is 5.02 Å². The summed E-state index contributed by atoms with van der Waals surface area (Å²) in [7, 11) is -3.56. The van der Waals surface area contributed by atoms with Crippen LogP contribution in [0.1, 0.15) is 40.5 Å². The zero-order valence-electron chi connectivity index (χ0n) is 13.1. The largest absolute Gasteiger partial charge is 0.397 e. The van der Waals surface area contributed by atoms with Crippen LogP contribution >= 0.6 is 11.6 Å². The van der Waals surface area contributed by atoms with E-state index in [0.29, 0.717) is 11.6 Å². The van der Waals surface area contributed by atoms with Gasteiger partial charge in [-0.05, 0) is 37.0 Å². The molecule has 0 saturated heterocycles. The van der Waals surface area contributed by atoms with Gasteiger partial charge >= 0.3 is 0 Å². The molecule has 4 nitrogen and oxygen atoms in total. The highest BCUT2D eigenvalue weighted by Gasteiger charge is 2.30. The minimum absolute atomic E-state index is 0.00528. The first-order valence-electron chi connectivity index (χ1n) is 7.30. The molecule has 1 aromatic rings. The fourth-order valence-electron chi connectivity index (χ4n) is 2.32. The molecule has 2 N–H and O–H groups in total. The minimum Gasteiger partial charge on any atom is -0.397 e. The van der Waals surface area contributed by atoms with Gasteiger partial charge in [-0.25, -0.2) is 8.42 Å². The average Bonchev–Trinajstić information content (AvgIpc) is 2.41. The average molecular weight is 333 g/mol. The van der Waals surface area contributed by atoms with E-state index >= 15 is 0 Å². The number of nitrogen functional groups attached to an aromatic ring is 1. The van der Waals surface area contributed by atoms with Crippen molar-refractivity contribution >= 4 is 27.3 Å². The maximum absolute atomic E-state index is 12.9. The molecule has 0 aliphatic carbocycles. The Hall–Kier alpha value is -0.780. The van der Waals surface area contributed by atoms with E-state index in [1.165, 1.54) is 18.2 Å². The fourth-order valence-corrected chi connectivity index (χ4v) is 4.41. The number of hydrogen-bond acceptors (Lipinski definition) is 3. The molecule has 0 heterocycles. The van der Waals surface area contributed by atoms with Crippen LogP contribution in [0.4, 0.5) is 5.69 Å². The van der Waals surface area contributed by atoms with Gasteiger partial charge in [-0.15, -0.1) is 0 Å². The molecular weight excluding hydrogens is 308 g/mol. The maximum atomic E-state index is 12.9. The Morgan fingerprint density at radius 2 is 1.81 bits per heavy atom. The summed E-state index contributed by atoms with van der Waals surface area (Å²) in [6.07, 6.45) is 1.57. The predicted molar refractivity (Wildman–Crippen MR) is 89.0 cm³/mol. The number of halogens is 1. The van der Waals surface area contributed by atoms with Gasteiger partial charge in [-0.3, -0.25) is 0 Å². The molecule has 0 fully saturated rings. The minimum atomic E-state index is -3.56. The standard InChI is InChI=1S/C15H25ClN2O2S/c1-5-12(6-2)18(10-11(3)4)21(19,20)13-7-8-14(16)15(17)9-13/h7-9,11-12H,5-6,10,17H2,1-4H3. The molecular formula is C15H25ClN2O2S. The Labute approximate surface area is 133 Å². The second kappa shape index (κ2) is 7.47. The highest BCUT2D eigenvalue weighted by molar-refractivity contribution is 7.89. The molecule has 120 valence electrons. The van der Waals surface area contributed by atoms with Gasteiger partial charge in [-0.2, -0.15) is 4.31 Å². The van der Waals surface area contributed by atoms with Crippen molar-refractivity contribution in [3.8, 4) is 0 Å². The van der Waals surface area contributed by atoms with Gasteiger partial charge < -0.3 is 5.73 Å². The number of rotatable bonds is 7. The number of nitrogens with two attached hydrogens (primary N) is 1. The quantitative estimate of drug-likeness (QED) is 0.773. The van der Waals surface area contributed by atoms with E-state index in [-0.39, 0.29) is 22.5 Å². The van der Waals surface area contributed by atoms with Crippen LogP contribution in [0, 0.1) is 5.92 Å². The molecule has 1 aromatic carbocycles. The fraction of sp³-hybridized carbons (Fsp3) is 0.600. The Morgan fingerprint density at radius 3 is 2.24 bits per heavy atom. The highest BCUT2D eigenvalue weighted by Crippen LogP contribution is 2.27. The van der Waals surface area contributed by atoms with Gasteiger partial charge in [0.2, 0.25) is 10.0 Å². The Bertz CT molecular complexity index is 569. The molecule has 0 radical (unpaired) electrons. The van der Waals surface area contributed by atoms with Crippen LogP contribution in [0.15, 0.2) is 23.1 Å². The normalized spacial score (nSPS) is 12.6. The van der Waals surface area contributed by atoms with Gasteiger partial charge in [0.25, 0.3) is 0 Å². The van der Waals surface area contributed by atoms with Crippen molar-refractivity contribution in [2.45, 2.75) is 51.5 Å². The maximum Gasteiger partial charge on any atom is 0.243 e. The van der Waals surface area contributed by atoms with Crippen LogP contribution in [-0.2, 0) is 10.0 Å². The van der Waals surface area contributed by atoms with E-state index in [2.05, 4.69) is 0 Å². The summed E-state index contributed by atoms with van der Waals surface area (Å²) in [5.74, 6) is 0.255. The molecule has 0 unspecified atom stereocenters. The Kier molecular flexibility index (Phi) is 6.50. The summed E-state index contributed by atoms with van der Waals surface area (Å²) in [6.45, 7) is 8.54.